The predicted molar refractivity (Wildman–Crippen MR) is 72.6 cm³/mol. The Balaban J connectivity index is 2.48. The Morgan fingerprint density at radius 2 is 1.81 bits per heavy atom. The third-order valence-electron chi connectivity index (χ3n) is 2.47. The maximum absolute atomic E-state index is 5.86. The molecule has 1 rings (SSSR count). The zero-order valence-electron chi connectivity index (χ0n) is 9.89. The van der Waals surface area contributed by atoms with Crippen molar-refractivity contribution in [3.8, 4) is 0 Å². The molecular formula is C13H19Cl2N. The molecule has 0 amide bonds. The van der Waals surface area contributed by atoms with Crippen LogP contribution >= 0.6 is 23.2 Å². The first-order chi connectivity index (χ1) is 7.53. The Labute approximate surface area is 108 Å². The summed E-state index contributed by atoms with van der Waals surface area (Å²) < 4.78 is 0. The SMILES string of the molecule is CC(C)(Cc1ccc(Cl)cc1)NCCCCl. The second-order valence-corrected chi connectivity index (χ2v) is 5.47. The van der Waals surface area contributed by atoms with Crippen LogP contribution in [0, 0.1) is 0 Å². The summed E-state index contributed by atoms with van der Waals surface area (Å²) in [6.07, 6.45) is 2.00. The van der Waals surface area contributed by atoms with Crippen molar-refractivity contribution in [3.63, 3.8) is 0 Å². The van der Waals surface area contributed by atoms with Crippen LogP contribution in [0.15, 0.2) is 24.3 Å². The van der Waals surface area contributed by atoms with Gasteiger partial charge >= 0.3 is 0 Å². The van der Waals surface area contributed by atoms with E-state index in [9.17, 15) is 0 Å². The summed E-state index contributed by atoms with van der Waals surface area (Å²) in [6, 6.07) is 8.03. The molecule has 3 heteroatoms. The van der Waals surface area contributed by atoms with Gasteiger partial charge in [0.05, 0.1) is 0 Å². The van der Waals surface area contributed by atoms with Crippen molar-refractivity contribution in [3.05, 3.63) is 34.9 Å². The van der Waals surface area contributed by atoms with Gasteiger partial charge in [-0.2, -0.15) is 0 Å². The lowest BCUT2D eigenvalue weighted by molar-refractivity contribution is 0.387. The van der Waals surface area contributed by atoms with Gasteiger partial charge in [0.1, 0.15) is 0 Å². The first kappa shape index (κ1) is 13.8. The van der Waals surface area contributed by atoms with E-state index in [1.54, 1.807) is 0 Å². The quantitative estimate of drug-likeness (QED) is 0.604. The summed E-state index contributed by atoms with van der Waals surface area (Å²) in [6.45, 7) is 5.37. The van der Waals surface area contributed by atoms with Crippen LogP contribution in [0.4, 0.5) is 0 Å². The summed E-state index contributed by atoms with van der Waals surface area (Å²) in [5.74, 6) is 0.712. The Kier molecular flexibility index (Phi) is 5.60. The molecule has 1 aromatic carbocycles. The van der Waals surface area contributed by atoms with Crippen LogP contribution < -0.4 is 5.32 Å². The molecule has 1 N–H and O–H groups in total. The summed E-state index contributed by atoms with van der Waals surface area (Å²) in [5, 5.41) is 4.29. The molecule has 0 aliphatic carbocycles. The largest absolute Gasteiger partial charge is 0.311 e. The van der Waals surface area contributed by atoms with Crippen molar-refractivity contribution in [1.82, 2.24) is 5.32 Å². The third-order valence-corrected chi connectivity index (χ3v) is 2.99. The molecule has 0 heterocycles. The average molecular weight is 260 g/mol. The number of hydrogen-bond acceptors (Lipinski definition) is 1. The minimum Gasteiger partial charge on any atom is -0.311 e. The van der Waals surface area contributed by atoms with Crippen LogP contribution in [-0.4, -0.2) is 18.0 Å². The smallest absolute Gasteiger partial charge is 0.0406 e. The van der Waals surface area contributed by atoms with Crippen molar-refractivity contribution < 1.29 is 0 Å². The lowest BCUT2D eigenvalue weighted by atomic mass is 9.95. The average Bonchev–Trinajstić information content (AvgIpc) is 2.21. The number of benzene rings is 1. The minimum absolute atomic E-state index is 0.0971. The van der Waals surface area contributed by atoms with E-state index in [0.717, 1.165) is 24.4 Å². The standard InChI is InChI=1S/C13H19Cl2N/c1-13(2,16-9-3-8-14)10-11-4-6-12(15)7-5-11/h4-7,16H,3,8-10H2,1-2H3. The van der Waals surface area contributed by atoms with Crippen LogP contribution in [-0.2, 0) is 6.42 Å². The van der Waals surface area contributed by atoms with Gasteiger partial charge in [-0.3, -0.25) is 0 Å². The molecule has 0 fully saturated rings. The lowest BCUT2D eigenvalue weighted by Crippen LogP contribution is -2.41. The van der Waals surface area contributed by atoms with Gasteiger partial charge in [-0.05, 0) is 50.9 Å². The summed E-state index contributed by atoms with van der Waals surface area (Å²) in [5.41, 5.74) is 1.40. The molecule has 0 aliphatic rings. The first-order valence-electron chi connectivity index (χ1n) is 5.59. The number of nitrogens with one attached hydrogen (secondary N) is 1. The fourth-order valence-electron chi connectivity index (χ4n) is 1.67. The molecule has 0 radical (unpaired) electrons. The maximum Gasteiger partial charge on any atom is 0.0406 e. The molecular weight excluding hydrogens is 241 g/mol. The number of rotatable bonds is 6. The van der Waals surface area contributed by atoms with E-state index in [1.165, 1.54) is 5.56 Å². The monoisotopic (exact) mass is 259 g/mol. The van der Waals surface area contributed by atoms with E-state index in [4.69, 9.17) is 23.2 Å². The Morgan fingerprint density at radius 3 is 2.38 bits per heavy atom. The van der Waals surface area contributed by atoms with E-state index >= 15 is 0 Å². The van der Waals surface area contributed by atoms with E-state index in [-0.39, 0.29) is 5.54 Å². The van der Waals surface area contributed by atoms with Gasteiger partial charge in [-0.25, -0.2) is 0 Å². The predicted octanol–water partition coefficient (Wildman–Crippen LogP) is 3.88. The molecule has 0 aromatic heterocycles. The van der Waals surface area contributed by atoms with Gasteiger partial charge < -0.3 is 5.32 Å². The van der Waals surface area contributed by atoms with E-state index < -0.39 is 0 Å². The molecule has 0 unspecified atom stereocenters. The first-order valence-corrected chi connectivity index (χ1v) is 6.50. The van der Waals surface area contributed by atoms with Gasteiger partial charge in [0.2, 0.25) is 0 Å². The van der Waals surface area contributed by atoms with Crippen LogP contribution in [0.25, 0.3) is 0 Å². The maximum atomic E-state index is 5.86. The zero-order chi connectivity index (χ0) is 12.0. The van der Waals surface area contributed by atoms with Crippen molar-refractivity contribution in [2.45, 2.75) is 32.2 Å². The molecule has 16 heavy (non-hydrogen) atoms. The van der Waals surface area contributed by atoms with Gasteiger partial charge in [-0.15, -0.1) is 11.6 Å². The van der Waals surface area contributed by atoms with E-state index in [0.29, 0.717) is 5.88 Å². The van der Waals surface area contributed by atoms with Crippen LogP contribution in [0.3, 0.4) is 0 Å². The lowest BCUT2D eigenvalue weighted by Gasteiger charge is -2.26. The van der Waals surface area contributed by atoms with E-state index in [2.05, 4.69) is 31.3 Å². The Hall–Kier alpha value is -0.240. The van der Waals surface area contributed by atoms with Crippen LogP contribution in [0.2, 0.25) is 5.02 Å². The van der Waals surface area contributed by atoms with Gasteiger partial charge in [0.25, 0.3) is 0 Å². The van der Waals surface area contributed by atoms with Gasteiger partial charge in [0.15, 0.2) is 0 Å². The van der Waals surface area contributed by atoms with Crippen molar-refractivity contribution in [2.24, 2.45) is 0 Å². The van der Waals surface area contributed by atoms with Crippen LogP contribution in [0.1, 0.15) is 25.8 Å². The highest BCUT2D eigenvalue weighted by Crippen LogP contribution is 2.15. The number of alkyl halides is 1. The molecule has 90 valence electrons. The molecule has 0 bridgehead atoms. The van der Waals surface area contributed by atoms with Gasteiger partial charge in [0, 0.05) is 16.4 Å². The zero-order valence-corrected chi connectivity index (χ0v) is 11.4. The summed E-state index contributed by atoms with van der Waals surface area (Å²) >= 11 is 11.5. The fourth-order valence-corrected chi connectivity index (χ4v) is 1.93. The Morgan fingerprint density at radius 1 is 1.19 bits per heavy atom. The molecule has 0 spiro atoms. The molecule has 0 aliphatic heterocycles. The minimum atomic E-state index is 0.0971. The number of halogens is 2. The molecule has 1 nitrogen and oxygen atoms in total. The molecule has 0 saturated carbocycles. The summed E-state index contributed by atoms with van der Waals surface area (Å²) in [7, 11) is 0. The highest BCUT2D eigenvalue weighted by molar-refractivity contribution is 6.30. The van der Waals surface area contributed by atoms with Crippen molar-refractivity contribution in [1.29, 1.82) is 0 Å². The normalized spacial score (nSPS) is 11.8. The highest BCUT2D eigenvalue weighted by atomic mass is 35.5. The second kappa shape index (κ2) is 6.48. The van der Waals surface area contributed by atoms with Gasteiger partial charge in [-0.1, -0.05) is 23.7 Å². The topological polar surface area (TPSA) is 12.0 Å². The number of hydrogen-bond donors (Lipinski definition) is 1. The van der Waals surface area contributed by atoms with Crippen LogP contribution in [0.5, 0.6) is 0 Å². The van der Waals surface area contributed by atoms with Crippen molar-refractivity contribution >= 4 is 23.2 Å². The molecule has 0 atom stereocenters. The fraction of sp³-hybridized carbons (Fsp3) is 0.538. The molecule has 0 saturated heterocycles. The molecule has 1 aromatic rings. The van der Waals surface area contributed by atoms with E-state index in [1.807, 2.05) is 12.1 Å². The van der Waals surface area contributed by atoms with Crippen molar-refractivity contribution in [2.75, 3.05) is 12.4 Å². The third kappa shape index (κ3) is 5.20. The highest BCUT2D eigenvalue weighted by Gasteiger charge is 2.16. The second-order valence-electron chi connectivity index (χ2n) is 4.66. The summed E-state index contributed by atoms with van der Waals surface area (Å²) in [4.78, 5) is 0. The Bertz CT molecular complexity index is 306.